The minimum atomic E-state index is 0.149. The van der Waals surface area contributed by atoms with Crippen LogP contribution in [-0.4, -0.2) is 6.54 Å². The number of aryl methyl sites for hydroxylation is 1. The van der Waals surface area contributed by atoms with E-state index in [-0.39, 0.29) is 6.04 Å². The molecule has 0 bridgehead atoms. The SMILES string of the molecule is CCCNC(c1ccc(I)cc1)c1ccc(C)o1. The summed E-state index contributed by atoms with van der Waals surface area (Å²) >= 11 is 2.32. The smallest absolute Gasteiger partial charge is 0.125 e. The molecule has 3 heteroatoms. The fourth-order valence-corrected chi connectivity index (χ4v) is 2.29. The van der Waals surface area contributed by atoms with E-state index in [1.165, 1.54) is 9.13 Å². The second-order valence-electron chi connectivity index (χ2n) is 4.39. The van der Waals surface area contributed by atoms with Crippen molar-refractivity contribution < 1.29 is 4.42 Å². The van der Waals surface area contributed by atoms with E-state index in [4.69, 9.17) is 4.42 Å². The summed E-state index contributed by atoms with van der Waals surface area (Å²) in [5.41, 5.74) is 1.25. The van der Waals surface area contributed by atoms with Crippen LogP contribution >= 0.6 is 22.6 Å². The third-order valence-corrected chi connectivity index (χ3v) is 3.57. The Kier molecular flexibility index (Phi) is 4.83. The molecule has 0 amide bonds. The molecule has 1 atom stereocenters. The van der Waals surface area contributed by atoms with Crippen molar-refractivity contribution >= 4 is 22.6 Å². The first-order valence-electron chi connectivity index (χ1n) is 6.26. The zero-order valence-electron chi connectivity index (χ0n) is 10.7. The van der Waals surface area contributed by atoms with Crippen LogP contribution in [0.1, 0.15) is 36.5 Å². The van der Waals surface area contributed by atoms with Gasteiger partial charge >= 0.3 is 0 Å². The van der Waals surface area contributed by atoms with E-state index >= 15 is 0 Å². The second-order valence-corrected chi connectivity index (χ2v) is 5.63. The molecule has 0 spiro atoms. The van der Waals surface area contributed by atoms with Crippen LogP contribution in [0.15, 0.2) is 40.8 Å². The van der Waals surface area contributed by atoms with Gasteiger partial charge in [0.1, 0.15) is 11.5 Å². The van der Waals surface area contributed by atoms with Crippen LogP contribution in [0, 0.1) is 10.5 Å². The number of halogens is 1. The molecule has 0 aliphatic rings. The molecule has 1 aromatic carbocycles. The van der Waals surface area contributed by atoms with Crippen LogP contribution in [0.4, 0.5) is 0 Å². The Morgan fingerprint density at radius 2 is 1.89 bits per heavy atom. The molecule has 1 heterocycles. The molecule has 0 fully saturated rings. The molecule has 1 aromatic heterocycles. The van der Waals surface area contributed by atoms with Gasteiger partial charge in [0, 0.05) is 3.57 Å². The van der Waals surface area contributed by atoms with Crippen molar-refractivity contribution in [1.82, 2.24) is 5.32 Å². The summed E-state index contributed by atoms with van der Waals surface area (Å²) in [7, 11) is 0. The molecule has 2 nitrogen and oxygen atoms in total. The fraction of sp³-hybridized carbons (Fsp3) is 0.333. The maximum atomic E-state index is 5.76. The molecule has 0 aliphatic heterocycles. The molecule has 1 unspecified atom stereocenters. The molecule has 1 N–H and O–H groups in total. The largest absolute Gasteiger partial charge is 0.464 e. The van der Waals surface area contributed by atoms with Crippen molar-refractivity contribution in [2.45, 2.75) is 26.3 Å². The molecule has 96 valence electrons. The summed E-state index contributed by atoms with van der Waals surface area (Å²) in [6, 6.07) is 12.8. The van der Waals surface area contributed by atoms with E-state index in [0.717, 1.165) is 24.5 Å². The average molecular weight is 355 g/mol. The van der Waals surface area contributed by atoms with Gasteiger partial charge in [0.05, 0.1) is 6.04 Å². The van der Waals surface area contributed by atoms with Crippen LogP contribution in [0.5, 0.6) is 0 Å². The minimum Gasteiger partial charge on any atom is -0.464 e. The van der Waals surface area contributed by atoms with Crippen molar-refractivity contribution in [3.05, 3.63) is 57.1 Å². The van der Waals surface area contributed by atoms with E-state index < -0.39 is 0 Å². The maximum Gasteiger partial charge on any atom is 0.125 e. The molecule has 18 heavy (non-hydrogen) atoms. The predicted molar refractivity (Wildman–Crippen MR) is 82.7 cm³/mol. The molecule has 0 aliphatic carbocycles. The van der Waals surface area contributed by atoms with E-state index in [1.54, 1.807) is 0 Å². The highest BCUT2D eigenvalue weighted by atomic mass is 127. The van der Waals surface area contributed by atoms with Gasteiger partial charge in [-0.3, -0.25) is 0 Å². The Hall–Kier alpha value is -0.810. The summed E-state index contributed by atoms with van der Waals surface area (Å²) in [5.74, 6) is 1.95. The lowest BCUT2D eigenvalue weighted by Crippen LogP contribution is -2.22. The number of rotatable bonds is 5. The van der Waals surface area contributed by atoms with Gasteiger partial charge in [-0.05, 0) is 72.3 Å². The van der Waals surface area contributed by atoms with E-state index in [2.05, 4.69) is 65.2 Å². The number of furan rings is 1. The lowest BCUT2D eigenvalue weighted by molar-refractivity contribution is 0.430. The summed E-state index contributed by atoms with van der Waals surface area (Å²) in [6.45, 7) is 5.14. The van der Waals surface area contributed by atoms with Gasteiger partial charge in [0.15, 0.2) is 0 Å². The highest BCUT2D eigenvalue weighted by Crippen LogP contribution is 2.24. The number of nitrogens with one attached hydrogen (secondary N) is 1. The zero-order valence-corrected chi connectivity index (χ0v) is 12.9. The third-order valence-electron chi connectivity index (χ3n) is 2.85. The molecule has 0 saturated carbocycles. The Bertz CT molecular complexity index is 489. The topological polar surface area (TPSA) is 25.2 Å². The molecular weight excluding hydrogens is 337 g/mol. The van der Waals surface area contributed by atoms with Crippen molar-refractivity contribution in [1.29, 1.82) is 0 Å². The molecule has 2 aromatic rings. The molecule has 2 rings (SSSR count). The van der Waals surface area contributed by atoms with Crippen molar-refractivity contribution in [3.8, 4) is 0 Å². The zero-order chi connectivity index (χ0) is 13.0. The van der Waals surface area contributed by atoms with Gasteiger partial charge in [0.2, 0.25) is 0 Å². The van der Waals surface area contributed by atoms with Gasteiger partial charge in [-0.1, -0.05) is 19.1 Å². The second kappa shape index (κ2) is 6.38. The Balaban J connectivity index is 2.27. The summed E-state index contributed by atoms with van der Waals surface area (Å²) in [6.07, 6.45) is 1.11. The van der Waals surface area contributed by atoms with Crippen LogP contribution < -0.4 is 5.32 Å². The van der Waals surface area contributed by atoms with Crippen molar-refractivity contribution in [2.75, 3.05) is 6.54 Å². The number of hydrogen-bond donors (Lipinski definition) is 1. The predicted octanol–water partition coefficient (Wildman–Crippen LogP) is 4.28. The Morgan fingerprint density at radius 1 is 1.17 bits per heavy atom. The van der Waals surface area contributed by atoms with E-state index in [0.29, 0.717) is 0 Å². The Labute approximate surface area is 122 Å². The van der Waals surface area contributed by atoms with E-state index in [9.17, 15) is 0 Å². The molecule has 0 saturated heterocycles. The quantitative estimate of drug-likeness (QED) is 0.810. The third kappa shape index (κ3) is 3.36. The normalized spacial score (nSPS) is 12.6. The summed E-state index contributed by atoms with van der Waals surface area (Å²) < 4.78 is 7.01. The van der Waals surface area contributed by atoms with Gasteiger partial charge in [-0.15, -0.1) is 0 Å². The van der Waals surface area contributed by atoms with E-state index in [1.807, 2.05) is 13.0 Å². The van der Waals surface area contributed by atoms with Gasteiger partial charge < -0.3 is 9.73 Å². The fourth-order valence-electron chi connectivity index (χ4n) is 1.94. The van der Waals surface area contributed by atoms with Crippen LogP contribution in [0.3, 0.4) is 0 Å². The Morgan fingerprint density at radius 3 is 2.44 bits per heavy atom. The average Bonchev–Trinajstić information content (AvgIpc) is 2.78. The standard InChI is InChI=1S/C15H18INO/c1-3-10-17-15(14-9-4-11(2)18-14)12-5-7-13(16)8-6-12/h4-9,15,17H,3,10H2,1-2H3. The monoisotopic (exact) mass is 355 g/mol. The highest BCUT2D eigenvalue weighted by molar-refractivity contribution is 14.1. The summed E-state index contributed by atoms with van der Waals surface area (Å²) in [4.78, 5) is 0. The minimum absolute atomic E-state index is 0.149. The van der Waals surface area contributed by atoms with Gasteiger partial charge in [0.25, 0.3) is 0 Å². The maximum absolute atomic E-state index is 5.76. The number of hydrogen-bond acceptors (Lipinski definition) is 2. The first-order chi connectivity index (χ1) is 8.70. The number of benzene rings is 1. The molecule has 0 radical (unpaired) electrons. The lowest BCUT2D eigenvalue weighted by atomic mass is 10.0. The summed E-state index contributed by atoms with van der Waals surface area (Å²) in [5, 5.41) is 3.54. The first kappa shape index (κ1) is 13.6. The molecular formula is C15H18INO. The van der Waals surface area contributed by atoms with Gasteiger partial charge in [-0.25, -0.2) is 0 Å². The van der Waals surface area contributed by atoms with Crippen molar-refractivity contribution in [3.63, 3.8) is 0 Å². The van der Waals surface area contributed by atoms with Crippen LogP contribution in [-0.2, 0) is 0 Å². The van der Waals surface area contributed by atoms with Crippen molar-refractivity contribution in [2.24, 2.45) is 0 Å². The highest BCUT2D eigenvalue weighted by Gasteiger charge is 2.16. The van der Waals surface area contributed by atoms with Gasteiger partial charge in [-0.2, -0.15) is 0 Å². The van der Waals surface area contributed by atoms with Crippen LogP contribution in [0.25, 0.3) is 0 Å². The van der Waals surface area contributed by atoms with Crippen LogP contribution in [0.2, 0.25) is 0 Å². The first-order valence-corrected chi connectivity index (χ1v) is 7.33. The lowest BCUT2D eigenvalue weighted by Gasteiger charge is -2.17.